The highest BCUT2D eigenvalue weighted by Gasteiger charge is 2.22. The summed E-state index contributed by atoms with van der Waals surface area (Å²) in [7, 11) is 0. The number of halogens is 1. The number of carbonyl (C=O) groups excluding carboxylic acids is 1. The summed E-state index contributed by atoms with van der Waals surface area (Å²) >= 11 is 0. The molecule has 1 aromatic heterocycles. The molecule has 164 valence electrons. The van der Waals surface area contributed by atoms with Gasteiger partial charge >= 0.3 is 0 Å². The van der Waals surface area contributed by atoms with Crippen LogP contribution in [0.3, 0.4) is 0 Å². The molecule has 2 aromatic carbocycles. The minimum absolute atomic E-state index is 0.0600. The van der Waals surface area contributed by atoms with Crippen LogP contribution < -0.4 is 4.90 Å². The Morgan fingerprint density at radius 2 is 1.97 bits per heavy atom. The third kappa shape index (κ3) is 4.72. The predicted molar refractivity (Wildman–Crippen MR) is 124 cm³/mol. The highest BCUT2D eigenvalue weighted by molar-refractivity contribution is 5.84. The standard InChI is InChI=1S/C26H27FN4O/c1-2-6-19-9-10-24-21(15-19)16-22(18-28)26(29-24)31-12-5-11-30(13-14-31)25(32)17-20-7-3-4-8-23(20)27/h3-4,7-10,15-16H,2,5-6,11-14,17H2,1H3. The number of aromatic nitrogens is 1. The van der Waals surface area contributed by atoms with Gasteiger partial charge in [0.25, 0.3) is 0 Å². The maximum atomic E-state index is 13.9. The number of rotatable bonds is 5. The van der Waals surface area contributed by atoms with Crippen LogP contribution in [0, 0.1) is 17.1 Å². The van der Waals surface area contributed by atoms with E-state index in [1.54, 1.807) is 23.1 Å². The van der Waals surface area contributed by atoms with E-state index in [0.717, 1.165) is 30.2 Å². The Labute approximate surface area is 188 Å². The van der Waals surface area contributed by atoms with Crippen LogP contribution in [-0.4, -0.2) is 42.0 Å². The van der Waals surface area contributed by atoms with E-state index in [4.69, 9.17) is 4.98 Å². The van der Waals surface area contributed by atoms with Crippen molar-refractivity contribution in [1.29, 1.82) is 5.26 Å². The Morgan fingerprint density at radius 3 is 2.75 bits per heavy atom. The lowest BCUT2D eigenvalue weighted by Crippen LogP contribution is -2.36. The van der Waals surface area contributed by atoms with Gasteiger partial charge in [0.15, 0.2) is 0 Å². The number of pyridine rings is 1. The van der Waals surface area contributed by atoms with E-state index < -0.39 is 0 Å². The van der Waals surface area contributed by atoms with Crippen LogP contribution >= 0.6 is 0 Å². The molecule has 1 fully saturated rings. The molecule has 0 bridgehead atoms. The van der Waals surface area contributed by atoms with Crippen molar-refractivity contribution >= 4 is 22.6 Å². The zero-order valence-corrected chi connectivity index (χ0v) is 18.4. The second kappa shape index (κ2) is 9.78. The molecular weight excluding hydrogens is 403 g/mol. The maximum Gasteiger partial charge on any atom is 0.227 e. The van der Waals surface area contributed by atoms with Crippen molar-refractivity contribution in [3.8, 4) is 6.07 Å². The van der Waals surface area contributed by atoms with Gasteiger partial charge in [-0.05, 0) is 48.2 Å². The summed E-state index contributed by atoms with van der Waals surface area (Å²) in [6, 6.07) is 16.9. The molecule has 0 aliphatic carbocycles. The van der Waals surface area contributed by atoms with Crippen LogP contribution in [0.2, 0.25) is 0 Å². The lowest BCUT2D eigenvalue weighted by molar-refractivity contribution is -0.130. The van der Waals surface area contributed by atoms with Gasteiger partial charge in [-0.1, -0.05) is 37.6 Å². The summed E-state index contributed by atoms with van der Waals surface area (Å²) < 4.78 is 13.9. The molecule has 0 atom stereocenters. The first-order chi connectivity index (χ1) is 15.6. The van der Waals surface area contributed by atoms with E-state index >= 15 is 0 Å². The smallest absolute Gasteiger partial charge is 0.227 e. The van der Waals surface area contributed by atoms with Gasteiger partial charge in [0.05, 0.1) is 17.5 Å². The van der Waals surface area contributed by atoms with Crippen molar-refractivity contribution in [3.05, 3.63) is 71.0 Å². The fourth-order valence-corrected chi connectivity index (χ4v) is 4.28. The number of carbonyl (C=O) groups is 1. The highest BCUT2D eigenvalue weighted by Crippen LogP contribution is 2.25. The second-order valence-corrected chi connectivity index (χ2v) is 8.24. The number of benzene rings is 2. The average molecular weight is 431 g/mol. The molecule has 1 aliphatic heterocycles. The molecule has 5 nitrogen and oxygen atoms in total. The topological polar surface area (TPSA) is 60.2 Å². The zero-order chi connectivity index (χ0) is 22.5. The third-order valence-corrected chi connectivity index (χ3v) is 5.97. The van der Waals surface area contributed by atoms with Crippen molar-refractivity contribution in [1.82, 2.24) is 9.88 Å². The molecule has 6 heteroatoms. The Hall–Kier alpha value is -3.46. The lowest BCUT2D eigenvalue weighted by atomic mass is 10.1. The molecule has 1 saturated heterocycles. The zero-order valence-electron chi connectivity index (χ0n) is 18.4. The summed E-state index contributed by atoms with van der Waals surface area (Å²) in [5.74, 6) is 0.248. The first-order valence-corrected chi connectivity index (χ1v) is 11.2. The predicted octanol–water partition coefficient (Wildman–Crippen LogP) is 4.48. The van der Waals surface area contributed by atoms with E-state index in [1.807, 2.05) is 12.1 Å². The molecule has 3 aromatic rings. The van der Waals surface area contributed by atoms with Gasteiger partial charge in [-0.3, -0.25) is 4.79 Å². The molecular formula is C26H27FN4O. The number of hydrogen-bond acceptors (Lipinski definition) is 4. The van der Waals surface area contributed by atoms with E-state index in [1.165, 1.54) is 11.6 Å². The first kappa shape index (κ1) is 21.8. The normalized spacial score (nSPS) is 14.3. The van der Waals surface area contributed by atoms with Gasteiger partial charge in [-0.25, -0.2) is 9.37 Å². The fourth-order valence-electron chi connectivity index (χ4n) is 4.28. The fraction of sp³-hybridized carbons (Fsp3) is 0.346. The molecule has 0 saturated carbocycles. The van der Waals surface area contributed by atoms with Crippen LogP contribution in [0.5, 0.6) is 0 Å². The van der Waals surface area contributed by atoms with Crippen molar-refractivity contribution in [2.75, 3.05) is 31.1 Å². The number of aryl methyl sites for hydroxylation is 1. The van der Waals surface area contributed by atoms with Crippen LogP contribution in [-0.2, 0) is 17.6 Å². The Bertz CT molecular complexity index is 1170. The molecule has 32 heavy (non-hydrogen) atoms. The van der Waals surface area contributed by atoms with E-state index in [2.05, 4.69) is 30.0 Å². The summed E-state index contributed by atoms with van der Waals surface area (Å²) in [6.45, 7) is 4.58. The summed E-state index contributed by atoms with van der Waals surface area (Å²) in [6.07, 6.45) is 2.90. The van der Waals surface area contributed by atoms with Crippen LogP contribution in [0.1, 0.15) is 36.5 Å². The van der Waals surface area contributed by atoms with Crippen molar-refractivity contribution in [2.24, 2.45) is 0 Å². The summed E-state index contributed by atoms with van der Waals surface area (Å²) in [5.41, 5.74) is 3.09. The third-order valence-electron chi connectivity index (χ3n) is 5.97. The number of amides is 1. The number of nitrogens with zero attached hydrogens (tertiary/aromatic N) is 4. The highest BCUT2D eigenvalue weighted by atomic mass is 19.1. The van der Waals surface area contributed by atoms with Crippen molar-refractivity contribution < 1.29 is 9.18 Å². The molecule has 1 aliphatic rings. The minimum atomic E-state index is -0.349. The number of hydrogen-bond donors (Lipinski definition) is 0. The van der Waals surface area contributed by atoms with Gasteiger partial charge in [0, 0.05) is 31.6 Å². The SMILES string of the molecule is CCCc1ccc2nc(N3CCCN(C(=O)Cc4ccccc4F)CC3)c(C#N)cc2c1. The van der Waals surface area contributed by atoms with Crippen LogP contribution in [0.15, 0.2) is 48.5 Å². The Balaban J connectivity index is 1.51. The number of fused-ring (bicyclic) bond motifs is 1. The molecule has 2 heterocycles. The molecule has 0 unspecified atom stereocenters. The first-order valence-electron chi connectivity index (χ1n) is 11.2. The number of nitriles is 1. The number of anilines is 1. The van der Waals surface area contributed by atoms with E-state index in [-0.39, 0.29) is 18.1 Å². The van der Waals surface area contributed by atoms with Crippen LogP contribution in [0.4, 0.5) is 10.2 Å². The molecule has 0 spiro atoms. The van der Waals surface area contributed by atoms with Gasteiger partial charge < -0.3 is 9.80 Å². The van der Waals surface area contributed by atoms with Gasteiger partial charge in [-0.15, -0.1) is 0 Å². The molecule has 1 amide bonds. The molecule has 4 rings (SSSR count). The van der Waals surface area contributed by atoms with Gasteiger partial charge in [-0.2, -0.15) is 5.26 Å². The summed E-state index contributed by atoms with van der Waals surface area (Å²) in [4.78, 5) is 21.5. The Morgan fingerprint density at radius 1 is 1.12 bits per heavy atom. The second-order valence-electron chi connectivity index (χ2n) is 8.24. The lowest BCUT2D eigenvalue weighted by Gasteiger charge is -2.24. The average Bonchev–Trinajstić information content (AvgIpc) is 3.06. The van der Waals surface area contributed by atoms with E-state index in [0.29, 0.717) is 43.1 Å². The quantitative estimate of drug-likeness (QED) is 0.599. The largest absolute Gasteiger partial charge is 0.354 e. The van der Waals surface area contributed by atoms with Gasteiger partial charge in [0.1, 0.15) is 17.7 Å². The summed E-state index contributed by atoms with van der Waals surface area (Å²) in [5, 5.41) is 10.7. The molecule has 0 radical (unpaired) electrons. The van der Waals surface area contributed by atoms with Crippen molar-refractivity contribution in [2.45, 2.75) is 32.6 Å². The Kier molecular flexibility index (Phi) is 6.65. The van der Waals surface area contributed by atoms with Crippen molar-refractivity contribution in [3.63, 3.8) is 0 Å². The van der Waals surface area contributed by atoms with E-state index in [9.17, 15) is 14.4 Å². The van der Waals surface area contributed by atoms with Crippen LogP contribution in [0.25, 0.3) is 10.9 Å². The maximum absolute atomic E-state index is 13.9. The minimum Gasteiger partial charge on any atom is -0.354 e. The monoisotopic (exact) mass is 430 g/mol. The van der Waals surface area contributed by atoms with Gasteiger partial charge in [0.2, 0.25) is 5.91 Å². The molecule has 0 N–H and O–H groups in total.